The van der Waals surface area contributed by atoms with E-state index >= 15 is 0 Å². The predicted molar refractivity (Wildman–Crippen MR) is 23.7 cm³/mol. The van der Waals surface area contributed by atoms with E-state index in [1.807, 2.05) is 0 Å². The molecule has 0 saturated heterocycles. The first kappa shape index (κ1) is 10.0. The first-order valence-electron chi connectivity index (χ1n) is 1.56. The van der Waals surface area contributed by atoms with Crippen LogP contribution in [0, 0.1) is 0 Å². The molecule has 0 atom stereocenters. The standard InChI is InChI=1S/C2H5F.HO3P/c1-2-3;1-4(2)3/h2H2,1H3;(H-,1,2,3)/p+1. The van der Waals surface area contributed by atoms with Gasteiger partial charge in [-0.15, -0.1) is 9.79 Å². The fraction of sp³-hybridized carbons (Fsp3) is 1.00. The van der Waals surface area contributed by atoms with Gasteiger partial charge < -0.3 is 0 Å². The van der Waals surface area contributed by atoms with Crippen molar-refractivity contribution in [1.29, 1.82) is 0 Å². The van der Waals surface area contributed by atoms with Crippen molar-refractivity contribution in [2.45, 2.75) is 6.92 Å². The molecule has 0 bridgehead atoms. The second kappa shape index (κ2) is 9.34. The quantitative estimate of drug-likeness (QED) is 0.471. The van der Waals surface area contributed by atoms with E-state index in [1.165, 1.54) is 6.92 Å². The number of alkyl halides is 1. The molecule has 0 aliphatic rings. The third kappa shape index (κ3) is 37100. The monoisotopic (exact) mass is 129 g/mol. The maximum atomic E-state index is 10.3. The summed E-state index contributed by atoms with van der Waals surface area (Å²) in [7, 11) is -2.87. The lowest BCUT2D eigenvalue weighted by molar-refractivity contribution is 0.405. The molecule has 0 spiro atoms. The summed E-state index contributed by atoms with van der Waals surface area (Å²) in [4.78, 5) is 14.2. The molecule has 0 unspecified atom stereocenters. The van der Waals surface area contributed by atoms with Crippen LogP contribution >= 0.6 is 8.25 Å². The summed E-state index contributed by atoms with van der Waals surface area (Å²) in [6.45, 7) is 1.21. The first-order chi connectivity index (χ1) is 3.15. The number of halogens is 1. The lowest BCUT2D eigenvalue weighted by Crippen LogP contribution is -1.40. The first-order valence-corrected chi connectivity index (χ1v) is 2.72. The van der Waals surface area contributed by atoms with Gasteiger partial charge in [-0.05, 0) is 6.92 Å². The minimum absolute atomic E-state index is 0.250. The van der Waals surface area contributed by atoms with E-state index in [1.54, 1.807) is 0 Å². The number of rotatable bonds is 0. The third-order valence-corrected chi connectivity index (χ3v) is 0. The second-order valence-electron chi connectivity index (χ2n) is 0.520. The molecule has 3 nitrogen and oxygen atoms in total. The van der Waals surface area contributed by atoms with Crippen LogP contribution in [0.4, 0.5) is 4.39 Å². The minimum atomic E-state index is -2.87. The minimum Gasteiger partial charge on any atom is -0.251 e. The Kier molecular flexibility index (Phi) is 13.4. The van der Waals surface area contributed by atoms with Crippen molar-refractivity contribution >= 4 is 8.25 Å². The maximum absolute atomic E-state index is 10.3. The van der Waals surface area contributed by atoms with E-state index in [4.69, 9.17) is 14.4 Å². The van der Waals surface area contributed by atoms with Crippen LogP contribution in [-0.4, -0.2) is 16.5 Å². The topological polar surface area (TPSA) is 57.5 Å². The number of hydrogen-bond donors (Lipinski definition) is 2. The highest BCUT2D eigenvalue weighted by Crippen LogP contribution is 1.98. The van der Waals surface area contributed by atoms with Crippen molar-refractivity contribution in [2.24, 2.45) is 0 Å². The summed E-state index contributed by atoms with van der Waals surface area (Å²) in [6, 6.07) is 0. The molecule has 0 fully saturated rings. The molecule has 0 aliphatic carbocycles. The summed E-state index contributed by atoms with van der Waals surface area (Å²) < 4.78 is 19.0. The van der Waals surface area contributed by atoms with Crippen molar-refractivity contribution in [3.63, 3.8) is 0 Å². The lowest BCUT2D eigenvalue weighted by atomic mass is 10.9. The van der Waals surface area contributed by atoms with Crippen molar-refractivity contribution in [3.05, 3.63) is 0 Å². The van der Waals surface area contributed by atoms with Gasteiger partial charge in [0.2, 0.25) is 0 Å². The Balaban J connectivity index is 0. The molecule has 2 N–H and O–H groups in total. The van der Waals surface area contributed by atoms with Crippen LogP contribution in [0.5, 0.6) is 0 Å². The van der Waals surface area contributed by atoms with Gasteiger partial charge in [0.25, 0.3) is 0 Å². The van der Waals surface area contributed by atoms with Gasteiger partial charge in [-0.2, -0.15) is 0 Å². The summed E-state index contributed by atoms with van der Waals surface area (Å²) >= 11 is 0. The highest BCUT2D eigenvalue weighted by molar-refractivity contribution is 7.30. The van der Waals surface area contributed by atoms with Crippen LogP contribution in [0.25, 0.3) is 0 Å². The molecule has 0 aromatic carbocycles. The largest absolute Gasteiger partial charge is 0.692 e. The fourth-order valence-corrected chi connectivity index (χ4v) is 0. The van der Waals surface area contributed by atoms with Crippen LogP contribution in [0.3, 0.4) is 0 Å². The second-order valence-corrected chi connectivity index (χ2v) is 1.03. The zero-order valence-electron chi connectivity index (χ0n) is 3.83. The van der Waals surface area contributed by atoms with Crippen LogP contribution in [-0.2, 0) is 4.57 Å². The van der Waals surface area contributed by atoms with Crippen molar-refractivity contribution < 1.29 is 18.7 Å². The van der Waals surface area contributed by atoms with Crippen LogP contribution in [0.15, 0.2) is 0 Å². The summed E-state index contributed by atoms with van der Waals surface area (Å²) in [6.07, 6.45) is 0. The summed E-state index contributed by atoms with van der Waals surface area (Å²) in [5.74, 6) is 0. The normalized spacial score (nSPS) is 6.29. The summed E-state index contributed by atoms with van der Waals surface area (Å²) in [5, 5.41) is 0. The van der Waals surface area contributed by atoms with Gasteiger partial charge in [0.15, 0.2) is 0 Å². The Morgan fingerprint density at radius 3 is 1.71 bits per heavy atom. The van der Waals surface area contributed by atoms with Gasteiger partial charge >= 0.3 is 8.25 Å². The molecule has 44 valence electrons. The Morgan fingerprint density at radius 2 is 1.71 bits per heavy atom. The van der Waals surface area contributed by atoms with Gasteiger partial charge in [-0.3, -0.25) is 4.39 Å². The molecule has 0 aromatic rings. The Bertz CT molecular complexity index is 44.2. The third-order valence-electron chi connectivity index (χ3n) is 0. The van der Waals surface area contributed by atoms with E-state index in [-0.39, 0.29) is 6.67 Å². The Morgan fingerprint density at radius 1 is 1.71 bits per heavy atom. The molecular weight excluding hydrogens is 122 g/mol. The highest BCUT2D eigenvalue weighted by atomic mass is 31.1. The molecule has 0 radical (unpaired) electrons. The SMILES string of the molecule is CCF.O=[P+](O)O. The Labute approximate surface area is 41.7 Å². The van der Waals surface area contributed by atoms with Crippen LogP contribution < -0.4 is 0 Å². The van der Waals surface area contributed by atoms with Gasteiger partial charge in [-0.1, -0.05) is 0 Å². The average molecular weight is 129 g/mol. The molecule has 5 heteroatoms. The van der Waals surface area contributed by atoms with E-state index in [0.29, 0.717) is 0 Å². The van der Waals surface area contributed by atoms with E-state index < -0.39 is 8.25 Å². The smallest absolute Gasteiger partial charge is 0.251 e. The molecule has 0 aromatic heterocycles. The van der Waals surface area contributed by atoms with Gasteiger partial charge in [-0.25, -0.2) is 0 Å². The molecule has 0 saturated carbocycles. The van der Waals surface area contributed by atoms with Gasteiger partial charge in [0.1, 0.15) is 0 Å². The summed E-state index contributed by atoms with van der Waals surface area (Å²) in [5.41, 5.74) is 0. The zero-order valence-corrected chi connectivity index (χ0v) is 4.73. The highest BCUT2D eigenvalue weighted by Gasteiger charge is 1.93. The van der Waals surface area contributed by atoms with Crippen molar-refractivity contribution in [1.82, 2.24) is 0 Å². The molecule has 0 rings (SSSR count). The van der Waals surface area contributed by atoms with Crippen LogP contribution in [0.1, 0.15) is 6.92 Å². The average Bonchev–Trinajstić information content (AvgIpc) is 1.33. The van der Waals surface area contributed by atoms with Crippen molar-refractivity contribution in [3.8, 4) is 0 Å². The maximum Gasteiger partial charge on any atom is 0.692 e. The molecule has 7 heavy (non-hydrogen) atoms. The molecule has 0 amide bonds. The molecule has 0 heterocycles. The van der Waals surface area contributed by atoms with Crippen molar-refractivity contribution in [2.75, 3.05) is 6.67 Å². The predicted octanol–water partition coefficient (Wildman–Crippen LogP) is 0.604. The molecule has 0 aliphatic heterocycles. The number of hydrogen-bond acceptors (Lipinski definition) is 1. The zero-order chi connectivity index (χ0) is 6.28. The van der Waals surface area contributed by atoms with Crippen LogP contribution in [0.2, 0.25) is 0 Å². The van der Waals surface area contributed by atoms with E-state index in [2.05, 4.69) is 0 Å². The molecular formula is C2H7FO3P+. The van der Waals surface area contributed by atoms with E-state index in [9.17, 15) is 4.39 Å². The van der Waals surface area contributed by atoms with Gasteiger partial charge in [0, 0.05) is 4.57 Å². The van der Waals surface area contributed by atoms with Gasteiger partial charge in [0.05, 0.1) is 6.67 Å². The fourth-order valence-electron chi connectivity index (χ4n) is 0. The Hall–Kier alpha value is -0.0500. The lowest BCUT2D eigenvalue weighted by Gasteiger charge is -1.45. The van der Waals surface area contributed by atoms with E-state index in [0.717, 1.165) is 0 Å².